The van der Waals surface area contributed by atoms with Crippen LogP contribution >= 0.6 is 27.5 Å². The van der Waals surface area contributed by atoms with Gasteiger partial charge in [-0.3, -0.25) is 9.59 Å². The number of nitrogens with two attached hydrogens (primary N) is 1. The molecule has 1 aromatic rings. The molecule has 0 aliphatic heterocycles. The van der Waals surface area contributed by atoms with Gasteiger partial charge in [-0.15, -0.1) is 0 Å². The molecule has 0 aliphatic carbocycles. The van der Waals surface area contributed by atoms with E-state index in [9.17, 15) is 14.4 Å². The van der Waals surface area contributed by atoms with Crippen LogP contribution in [0.3, 0.4) is 0 Å². The van der Waals surface area contributed by atoms with Crippen molar-refractivity contribution in [2.75, 3.05) is 0 Å². The van der Waals surface area contributed by atoms with E-state index in [4.69, 9.17) is 22.4 Å². The van der Waals surface area contributed by atoms with Crippen LogP contribution < -0.4 is 11.1 Å². The van der Waals surface area contributed by atoms with Crippen molar-refractivity contribution < 1.29 is 19.5 Å². The van der Waals surface area contributed by atoms with Crippen LogP contribution in [0.1, 0.15) is 16.8 Å². The van der Waals surface area contributed by atoms with Gasteiger partial charge in [0.25, 0.3) is 5.91 Å². The number of nitrogens with one attached hydrogen (secondary N) is 1. The highest BCUT2D eigenvalue weighted by atomic mass is 79.9. The SMILES string of the molecule is NC(=O)C[C@@H](NC(=O)c1ccc(Br)c(Cl)c1)C(=O)O. The van der Waals surface area contributed by atoms with Gasteiger partial charge in [-0.2, -0.15) is 0 Å². The van der Waals surface area contributed by atoms with Gasteiger partial charge in [0, 0.05) is 10.0 Å². The molecule has 0 aromatic heterocycles. The second-order valence-corrected chi connectivity index (χ2v) is 4.93. The number of rotatable bonds is 5. The van der Waals surface area contributed by atoms with Gasteiger partial charge >= 0.3 is 5.97 Å². The molecule has 0 bridgehead atoms. The zero-order valence-electron chi connectivity index (χ0n) is 9.52. The zero-order valence-corrected chi connectivity index (χ0v) is 11.9. The molecule has 0 spiro atoms. The summed E-state index contributed by atoms with van der Waals surface area (Å²) < 4.78 is 0.609. The van der Waals surface area contributed by atoms with Crippen molar-refractivity contribution in [1.82, 2.24) is 5.32 Å². The van der Waals surface area contributed by atoms with E-state index in [1.165, 1.54) is 12.1 Å². The third-order valence-electron chi connectivity index (χ3n) is 2.19. The molecule has 0 saturated heterocycles. The summed E-state index contributed by atoms with van der Waals surface area (Å²) in [6, 6.07) is 3.03. The lowest BCUT2D eigenvalue weighted by atomic mass is 10.1. The minimum Gasteiger partial charge on any atom is -0.480 e. The maximum atomic E-state index is 11.8. The maximum Gasteiger partial charge on any atom is 0.326 e. The Hall–Kier alpha value is -1.60. The summed E-state index contributed by atoms with van der Waals surface area (Å²) in [5.74, 6) is -2.81. The number of hydrogen-bond donors (Lipinski definition) is 3. The number of amides is 2. The van der Waals surface area contributed by atoms with Gasteiger partial charge in [0.05, 0.1) is 11.4 Å². The van der Waals surface area contributed by atoms with E-state index in [1.807, 2.05) is 0 Å². The number of primary amides is 1. The fourth-order valence-electron chi connectivity index (χ4n) is 1.28. The lowest BCUT2D eigenvalue weighted by Crippen LogP contribution is -2.43. The Morgan fingerprint density at radius 3 is 2.53 bits per heavy atom. The second kappa shape index (κ2) is 6.53. The Kier molecular flexibility index (Phi) is 5.31. The molecule has 6 nitrogen and oxygen atoms in total. The number of halogens is 2. The summed E-state index contributed by atoms with van der Waals surface area (Å²) in [6.45, 7) is 0. The van der Waals surface area contributed by atoms with E-state index < -0.39 is 30.2 Å². The van der Waals surface area contributed by atoms with Gasteiger partial charge in [-0.25, -0.2) is 4.79 Å². The summed E-state index contributed by atoms with van der Waals surface area (Å²) in [7, 11) is 0. The van der Waals surface area contributed by atoms with Gasteiger partial charge in [-0.05, 0) is 34.1 Å². The number of carbonyl (C=O) groups excluding carboxylic acids is 2. The Balaban J connectivity index is 2.84. The van der Waals surface area contributed by atoms with E-state index in [1.54, 1.807) is 6.07 Å². The van der Waals surface area contributed by atoms with Crippen molar-refractivity contribution in [3.8, 4) is 0 Å². The predicted octanol–water partition coefficient (Wildman–Crippen LogP) is 1.16. The fourth-order valence-corrected chi connectivity index (χ4v) is 1.71. The van der Waals surface area contributed by atoms with Gasteiger partial charge in [0.2, 0.25) is 5.91 Å². The summed E-state index contributed by atoms with van der Waals surface area (Å²) in [4.78, 5) is 33.4. The van der Waals surface area contributed by atoms with Crippen molar-refractivity contribution in [2.45, 2.75) is 12.5 Å². The minimum absolute atomic E-state index is 0.184. The highest BCUT2D eigenvalue weighted by Crippen LogP contribution is 2.23. The quantitative estimate of drug-likeness (QED) is 0.741. The summed E-state index contributed by atoms with van der Waals surface area (Å²) in [5, 5.41) is 11.4. The largest absolute Gasteiger partial charge is 0.480 e. The third-order valence-corrected chi connectivity index (χ3v) is 3.42. The minimum atomic E-state index is -1.37. The molecular weight excluding hydrogens is 339 g/mol. The first-order chi connectivity index (χ1) is 8.81. The number of aliphatic carboxylic acids is 1. The van der Waals surface area contributed by atoms with Crippen LogP contribution in [0.2, 0.25) is 5.02 Å². The van der Waals surface area contributed by atoms with E-state index in [0.717, 1.165) is 0 Å². The third kappa shape index (κ3) is 4.53. The van der Waals surface area contributed by atoms with Gasteiger partial charge in [-0.1, -0.05) is 11.6 Å². The highest BCUT2D eigenvalue weighted by Gasteiger charge is 2.22. The number of hydrogen-bond acceptors (Lipinski definition) is 3. The highest BCUT2D eigenvalue weighted by molar-refractivity contribution is 9.10. The first-order valence-corrected chi connectivity index (χ1v) is 6.25. The molecule has 1 aromatic carbocycles. The van der Waals surface area contributed by atoms with Crippen LogP contribution in [0.25, 0.3) is 0 Å². The molecular formula is C11H10BrClN2O4. The molecule has 0 radical (unpaired) electrons. The van der Waals surface area contributed by atoms with Crippen molar-refractivity contribution >= 4 is 45.3 Å². The van der Waals surface area contributed by atoms with Crippen LogP contribution in [-0.4, -0.2) is 28.9 Å². The van der Waals surface area contributed by atoms with E-state index in [-0.39, 0.29) is 5.56 Å². The van der Waals surface area contributed by atoms with E-state index >= 15 is 0 Å². The molecule has 0 aliphatic rings. The standard InChI is InChI=1S/C11H10BrClN2O4/c12-6-2-1-5(3-7(6)13)10(17)15-8(11(18)19)4-9(14)16/h1-3,8H,4H2,(H2,14,16)(H,15,17)(H,18,19)/t8-/m1/s1. The molecule has 1 rings (SSSR count). The van der Waals surface area contributed by atoms with Gasteiger partial charge in [0.15, 0.2) is 0 Å². The van der Waals surface area contributed by atoms with Crippen molar-refractivity contribution in [3.05, 3.63) is 33.3 Å². The molecule has 0 fully saturated rings. The predicted molar refractivity (Wildman–Crippen MR) is 71.9 cm³/mol. The molecule has 0 unspecified atom stereocenters. The van der Waals surface area contributed by atoms with E-state index in [0.29, 0.717) is 9.50 Å². The second-order valence-electron chi connectivity index (χ2n) is 3.66. The van der Waals surface area contributed by atoms with Crippen molar-refractivity contribution in [1.29, 1.82) is 0 Å². The van der Waals surface area contributed by atoms with E-state index in [2.05, 4.69) is 21.2 Å². The van der Waals surface area contributed by atoms with Crippen LogP contribution in [-0.2, 0) is 9.59 Å². The lowest BCUT2D eigenvalue weighted by molar-refractivity contribution is -0.140. The smallest absolute Gasteiger partial charge is 0.326 e. The zero-order chi connectivity index (χ0) is 14.6. The normalized spacial score (nSPS) is 11.7. The first kappa shape index (κ1) is 15.5. The molecule has 19 heavy (non-hydrogen) atoms. The van der Waals surface area contributed by atoms with Gasteiger partial charge < -0.3 is 16.2 Å². The number of carboxylic acid groups (broad SMARTS) is 1. The molecule has 0 saturated carbocycles. The van der Waals surface area contributed by atoms with Crippen LogP contribution in [0.5, 0.6) is 0 Å². The number of carboxylic acids is 1. The van der Waals surface area contributed by atoms with Crippen molar-refractivity contribution in [2.24, 2.45) is 5.73 Å². The Bertz CT molecular complexity index is 535. The lowest BCUT2D eigenvalue weighted by Gasteiger charge is -2.13. The fraction of sp³-hybridized carbons (Fsp3) is 0.182. The number of carbonyl (C=O) groups is 3. The number of benzene rings is 1. The molecule has 2 amide bonds. The topological polar surface area (TPSA) is 109 Å². The van der Waals surface area contributed by atoms with Crippen LogP contribution in [0, 0.1) is 0 Å². The first-order valence-electron chi connectivity index (χ1n) is 5.08. The monoisotopic (exact) mass is 348 g/mol. The molecule has 8 heteroatoms. The Morgan fingerprint density at radius 1 is 1.42 bits per heavy atom. The Morgan fingerprint density at radius 2 is 2.05 bits per heavy atom. The van der Waals surface area contributed by atoms with Crippen LogP contribution in [0.15, 0.2) is 22.7 Å². The summed E-state index contributed by atoms with van der Waals surface area (Å²) in [6.07, 6.45) is -0.481. The van der Waals surface area contributed by atoms with Gasteiger partial charge in [0.1, 0.15) is 6.04 Å². The molecule has 102 valence electrons. The Labute approximate surface area is 122 Å². The maximum absolute atomic E-state index is 11.8. The van der Waals surface area contributed by atoms with Crippen LogP contribution in [0.4, 0.5) is 0 Å². The van der Waals surface area contributed by atoms with Crippen molar-refractivity contribution in [3.63, 3.8) is 0 Å². The average Bonchev–Trinajstić information content (AvgIpc) is 2.31. The summed E-state index contributed by atoms with van der Waals surface area (Å²) in [5.41, 5.74) is 5.09. The average molecular weight is 350 g/mol. The molecule has 0 heterocycles. The molecule has 1 atom stereocenters. The summed E-state index contributed by atoms with van der Waals surface area (Å²) >= 11 is 8.99. The molecule has 4 N–H and O–H groups in total.